The van der Waals surface area contributed by atoms with Crippen LogP contribution in [-0.4, -0.2) is 25.1 Å². The van der Waals surface area contributed by atoms with Gasteiger partial charge in [0.05, 0.1) is 30.8 Å². The molecule has 0 unspecified atom stereocenters. The third-order valence-corrected chi connectivity index (χ3v) is 2.18. The normalized spacial score (nSPS) is 9.69. The Labute approximate surface area is 91.9 Å². The molecule has 1 aromatic carbocycles. The Hall–Kier alpha value is -2.11. The Morgan fingerprint density at radius 1 is 1.38 bits per heavy atom. The number of esters is 1. The Balaban J connectivity index is 3.41. The van der Waals surface area contributed by atoms with Crippen LogP contribution in [0.2, 0.25) is 0 Å². The molecule has 0 radical (unpaired) electrons. The van der Waals surface area contributed by atoms with Gasteiger partial charge in [0.1, 0.15) is 5.75 Å². The Morgan fingerprint density at radius 3 is 2.44 bits per heavy atom. The number of methoxy groups -OCH3 is 2. The zero-order valence-electron chi connectivity index (χ0n) is 9.14. The van der Waals surface area contributed by atoms with Crippen LogP contribution in [0.15, 0.2) is 12.1 Å². The van der Waals surface area contributed by atoms with E-state index in [1.807, 2.05) is 0 Å². The maximum atomic E-state index is 11.4. The number of hydrogen-bond acceptors (Lipinski definition) is 5. The number of hydrogen-bond donors (Lipinski definition) is 0. The van der Waals surface area contributed by atoms with Crippen molar-refractivity contribution in [1.29, 1.82) is 0 Å². The van der Waals surface area contributed by atoms with E-state index in [0.717, 1.165) is 0 Å². The summed E-state index contributed by atoms with van der Waals surface area (Å²) in [6.07, 6.45) is 0. The molecule has 1 aromatic rings. The highest BCUT2D eigenvalue weighted by Crippen LogP contribution is 2.28. The fourth-order valence-corrected chi connectivity index (χ4v) is 1.31. The smallest absolute Gasteiger partial charge is 0.338 e. The molecule has 6 nitrogen and oxygen atoms in total. The lowest BCUT2D eigenvalue weighted by Crippen LogP contribution is -2.06. The lowest BCUT2D eigenvalue weighted by Gasteiger charge is -2.08. The summed E-state index contributed by atoms with van der Waals surface area (Å²) in [6, 6.07) is 2.44. The summed E-state index contributed by atoms with van der Waals surface area (Å²) in [5.41, 5.74) is 0.441. The van der Waals surface area contributed by atoms with Crippen molar-refractivity contribution in [2.45, 2.75) is 6.92 Å². The second kappa shape index (κ2) is 4.61. The van der Waals surface area contributed by atoms with Gasteiger partial charge >= 0.3 is 5.97 Å². The summed E-state index contributed by atoms with van der Waals surface area (Å²) >= 11 is 0. The van der Waals surface area contributed by atoms with E-state index < -0.39 is 10.9 Å². The van der Waals surface area contributed by atoms with Gasteiger partial charge in [0.25, 0.3) is 5.69 Å². The predicted molar refractivity (Wildman–Crippen MR) is 55.7 cm³/mol. The van der Waals surface area contributed by atoms with Crippen molar-refractivity contribution in [3.05, 3.63) is 33.4 Å². The monoisotopic (exact) mass is 225 g/mol. The van der Waals surface area contributed by atoms with Gasteiger partial charge in [-0.05, 0) is 6.92 Å². The van der Waals surface area contributed by atoms with Gasteiger partial charge in [0.15, 0.2) is 0 Å². The van der Waals surface area contributed by atoms with Crippen LogP contribution in [0.5, 0.6) is 5.75 Å². The number of carbonyl (C=O) groups is 1. The van der Waals surface area contributed by atoms with E-state index in [9.17, 15) is 14.9 Å². The first kappa shape index (κ1) is 12.0. The summed E-state index contributed by atoms with van der Waals surface area (Å²) in [6.45, 7) is 1.63. The largest absolute Gasteiger partial charge is 0.496 e. The molecule has 0 saturated heterocycles. The summed E-state index contributed by atoms with van der Waals surface area (Å²) in [5, 5.41) is 10.6. The van der Waals surface area contributed by atoms with Crippen molar-refractivity contribution >= 4 is 11.7 Å². The van der Waals surface area contributed by atoms with Crippen LogP contribution >= 0.6 is 0 Å². The fraction of sp³-hybridized carbons (Fsp3) is 0.300. The van der Waals surface area contributed by atoms with Crippen LogP contribution in [0.3, 0.4) is 0 Å². The number of ether oxygens (including phenoxy) is 2. The van der Waals surface area contributed by atoms with Gasteiger partial charge in [0, 0.05) is 11.6 Å². The summed E-state index contributed by atoms with van der Waals surface area (Å²) in [7, 11) is 2.60. The molecule has 6 heteroatoms. The van der Waals surface area contributed by atoms with Crippen LogP contribution in [0.4, 0.5) is 5.69 Å². The topological polar surface area (TPSA) is 78.7 Å². The SMILES string of the molecule is COC(=O)c1cc([N+](=O)[O-])cc(OC)c1C. The first-order chi connectivity index (χ1) is 7.51. The van der Waals surface area contributed by atoms with Gasteiger partial charge in [0.2, 0.25) is 0 Å². The molecule has 0 aromatic heterocycles. The van der Waals surface area contributed by atoms with Gasteiger partial charge in [-0.25, -0.2) is 4.79 Å². The van der Waals surface area contributed by atoms with Gasteiger partial charge in [-0.2, -0.15) is 0 Å². The molecule has 0 aliphatic rings. The van der Waals surface area contributed by atoms with E-state index in [-0.39, 0.29) is 17.0 Å². The van der Waals surface area contributed by atoms with E-state index in [0.29, 0.717) is 5.56 Å². The number of non-ortho nitro benzene ring substituents is 1. The summed E-state index contributed by atoms with van der Waals surface area (Å²) in [5.74, 6) is -0.339. The predicted octanol–water partition coefficient (Wildman–Crippen LogP) is 1.70. The van der Waals surface area contributed by atoms with Crippen LogP contribution in [0.25, 0.3) is 0 Å². The second-order valence-corrected chi connectivity index (χ2v) is 3.07. The lowest BCUT2D eigenvalue weighted by molar-refractivity contribution is -0.385. The molecule has 0 aliphatic heterocycles. The number of rotatable bonds is 3. The third-order valence-electron chi connectivity index (χ3n) is 2.18. The van der Waals surface area contributed by atoms with Crippen LogP contribution in [0.1, 0.15) is 15.9 Å². The first-order valence-corrected chi connectivity index (χ1v) is 4.42. The minimum Gasteiger partial charge on any atom is -0.496 e. The lowest BCUT2D eigenvalue weighted by atomic mass is 10.1. The van der Waals surface area contributed by atoms with E-state index >= 15 is 0 Å². The average molecular weight is 225 g/mol. The summed E-state index contributed by atoms with van der Waals surface area (Å²) < 4.78 is 9.49. The van der Waals surface area contributed by atoms with Gasteiger partial charge in [-0.15, -0.1) is 0 Å². The summed E-state index contributed by atoms with van der Waals surface area (Å²) in [4.78, 5) is 21.4. The zero-order valence-corrected chi connectivity index (χ0v) is 9.14. The zero-order chi connectivity index (χ0) is 12.3. The molecular formula is C10H11NO5. The van der Waals surface area contributed by atoms with Crippen molar-refractivity contribution in [2.24, 2.45) is 0 Å². The van der Waals surface area contributed by atoms with Crippen molar-refractivity contribution in [1.82, 2.24) is 0 Å². The Bertz CT molecular complexity index is 441. The number of carbonyl (C=O) groups excluding carboxylic acids is 1. The molecule has 0 heterocycles. The molecular weight excluding hydrogens is 214 g/mol. The molecule has 86 valence electrons. The van der Waals surface area contributed by atoms with Gasteiger partial charge < -0.3 is 9.47 Å². The highest BCUT2D eigenvalue weighted by molar-refractivity contribution is 5.92. The van der Waals surface area contributed by atoms with Crippen molar-refractivity contribution < 1.29 is 19.2 Å². The Kier molecular flexibility index (Phi) is 3.44. The third kappa shape index (κ3) is 2.10. The molecule has 0 aliphatic carbocycles. The molecule has 0 atom stereocenters. The second-order valence-electron chi connectivity index (χ2n) is 3.07. The number of benzene rings is 1. The Morgan fingerprint density at radius 2 is 2.00 bits per heavy atom. The number of nitrogens with zero attached hydrogens (tertiary/aromatic N) is 1. The van der Waals surface area contributed by atoms with Gasteiger partial charge in [-0.3, -0.25) is 10.1 Å². The van der Waals surface area contributed by atoms with Crippen molar-refractivity contribution in [3.8, 4) is 5.75 Å². The average Bonchev–Trinajstić information content (AvgIpc) is 2.28. The van der Waals surface area contributed by atoms with Crippen molar-refractivity contribution in [3.63, 3.8) is 0 Å². The van der Waals surface area contributed by atoms with Gasteiger partial charge in [-0.1, -0.05) is 0 Å². The molecule has 0 N–H and O–H groups in total. The quantitative estimate of drug-likeness (QED) is 0.444. The minimum absolute atomic E-state index is 0.133. The molecule has 0 saturated carbocycles. The standard InChI is InChI=1S/C10H11NO5/c1-6-8(10(12)16-3)4-7(11(13)14)5-9(6)15-2/h4-5H,1-3H3. The first-order valence-electron chi connectivity index (χ1n) is 4.42. The maximum absolute atomic E-state index is 11.4. The molecule has 16 heavy (non-hydrogen) atoms. The molecule has 0 fully saturated rings. The van der Waals surface area contributed by atoms with Crippen molar-refractivity contribution in [2.75, 3.05) is 14.2 Å². The molecule has 0 amide bonds. The highest BCUT2D eigenvalue weighted by atomic mass is 16.6. The molecule has 0 bridgehead atoms. The highest BCUT2D eigenvalue weighted by Gasteiger charge is 2.19. The number of nitro groups is 1. The molecule has 0 spiro atoms. The van der Waals surface area contributed by atoms with Crippen LogP contribution < -0.4 is 4.74 Å². The molecule has 1 rings (SSSR count). The van der Waals surface area contributed by atoms with Crippen LogP contribution in [0, 0.1) is 17.0 Å². The number of nitro benzene ring substituents is 1. The van der Waals surface area contributed by atoms with E-state index in [1.54, 1.807) is 6.92 Å². The minimum atomic E-state index is -0.625. The fourth-order valence-electron chi connectivity index (χ4n) is 1.31. The van der Waals surface area contributed by atoms with E-state index in [1.165, 1.54) is 26.4 Å². The van der Waals surface area contributed by atoms with Crippen LogP contribution in [-0.2, 0) is 4.74 Å². The van der Waals surface area contributed by atoms with E-state index in [2.05, 4.69) is 4.74 Å². The van der Waals surface area contributed by atoms with E-state index in [4.69, 9.17) is 4.74 Å². The maximum Gasteiger partial charge on any atom is 0.338 e.